The van der Waals surface area contributed by atoms with Crippen LogP contribution >= 0.6 is 11.6 Å². The Hall–Kier alpha value is -3.75. The minimum absolute atomic E-state index is 0.0733. The number of benzene rings is 1. The van der Waals surface area contributed by atoms with Crippen LogP contribution in [0.3, 0.4) is 0 Å². The van der Waals surface area contributed by atoms with E-state index < -0.39 is 53.7 Å². The summed E-state index contributed by atoms with van der Waals surface area (Å²) in [5.41, 5.74) is -5.09. The zero-order valence-electron chi connectivity index (χ0n) is 15.8. The van der Waals surface area contributed by atoms with Gasteiger partial charge in [-0.2, -0.15) is 18.0 Å². The molecule has 3 rings (SSSR count). The van der Waals surface area contributed by atoms with Gasteiger partial charge in [0, 0.05) is 19.2 Å². The molecule has 0 aliphatic carbocycles. The molecule has 0 aliphatic heterocycles. The number of tetrazole rings is 1. The monoisotopic (exact) mass is 478 g/mol. The van der Waals surface area contributed by atoms with Crippen LogP contribution in [-0.2, 0) is 31.2 Å². The molecule has 2 heterocycles. The van der Waals surface area contributed by atoms with E-state index in [1.165, 1.54) is 0 Å². The third kappa shape index (κ3) is 4.61. The Morgan fingerprint density at radius 1 is 1.25 bits per heavy atom. The molecule has 0 unspecified atom stereocenters. The van der Waals surface area contributed by atoms with Crippen LogP contribution in [0.25, 0.3) is 5.69 Å². The van der Waals surface area contributed by atoms with Crippen molar-refractivity contribution >= 4 is 17.6 Å². The Labute approximate surface area is 179 Å². The molecule has 0 saturated heterocycles. The number of carboxylic acids is 1. The molecule has 1 aromatic carbocycles. The van der Waals surface area contributed by atoms with Crippen molar-refractivity contribution in [2.75, 3.05) is 0 Å². The number of carbonyl (C=O) groups is 1. The Kier molecular flexibility index (Phi) is 6.03. The highest BCUT2D eigenvalue weighted by molar-refractivity contribution is 6.32. The van der Waals surface area contributed by atoms with Crippen molar-refractivity contribution in [1.29, 1.82) is 0 Å². The van der Waals surface area contributed by atoms with E-state index in [0.717, 1.165) is 17.9 Å². The molecular weight excluding hydrogens is 468 g/mol. The average molecular weight is 479 g/mol. The molecule has 11 nitrogen and oxygen atoms in total. The number of rotatable bonds is 6. The first kappa shape index (κ1) is 22.9. The topological polar surface area (TPSA) is 134 Å². The maximum absolute atomic E-state index is 14.5. The van der Waals surface area contributed by atoms with Crippen LogP contribution in [0.15, 0.2) is 27.8 Å². The summed E-state index contributed by atoms with van der Waals surface area (Å²) in [4.78, 5) is 36.0. The van der Waals surface area contributed by atoms with Crippen LogP contribution in [-0.4, -0.2) is 40.4 Å². The number of alkyl halides is 3. The van der Waals surface area contributed by atoms with Gasteiger partial charge in [-0.1, -0.05) is 11.6 Å². The van der Waals surface area contributed by atoms with Crippen molar-refractivity contribution in [2.24, 2.45) is 7.05 Å². The largest absolute Gasteiger partial charge is 0.484 e. The lowest BCUT2D eigenvalue weighted by Gasteiger charge is -2.15. The summed E-state index contributed by atoms with van der Waals surface area (Å²) in [7, 11) is 0.776. The minimum atomic E-state index is -4.98. The van der Waals surface area contributed by atoms with Gasteiger partial charge in [0.15, 0.2) is 13.2 Å². The molecule has 0 fully saturated rings. The van der Waals surface area contributed by atoms with Gasteiger partial charge in [-0.3, -0.25) is 14.2 Å². The van der Waals surface area contributed by atoms with Gasteiger partial charge >= 0.3 is 17.8 Å². The fraction of sp³-hybridized carbons (Fsp3) is 0.250. The Bertz CT molecular complexity index is 1320. The van der Waals surface area contributed by atoms with E-state index in [1.54, 1.807) is 0 Å². The van der Waals surface area contributed by atoms with E-state index >= 15 is 0 Å². The highest BCUT2D eigenvalue weighted by atomic mass is 35.5. The molecule has 3 aromatic rings. The zero-order valence-corrected chi connectivity index (χ0v) is 16.6. The third-order valence-electron chi connectivity index (χ3n) is 3.98. The van der Waals surface area contributed by atoms with Crippen LogP contribution in [0, 0.1) is 5.82 Å². The smallest absolute Gasteiger partial charge is 0.431 e. The van der Waals surface area contributed by atoms with Gasteiger partial charge in [-0.25, -0.2) is 13.8 Å². The van der Waals surface area contributed by atoms with Crippen LogP contribution in [0.5, 0.6) is 5.75 Å². The highest BCUT2D eigenvalue weighted by Crippen LogP contribution is 2.30. The van der Waals surface area contributed by atoms with E-state index in [9.17, 15) is 31.9 Å². The number of carboxylic acid groups (broad SMARTS) is 1. The second-order valence-electron chi connectivity index (χ2n) is 6.20. The van der Waals surface area contributed by atoms with Gasteiger partial charge in [0.05, 0.1) is 10.7 Å². The zero-order chi connectivity index (χ0) is 23.8. The van der Waals surface area contributed by atoms with Crippen molar-refractivity contribution in [3.05, 3.63) is 61.4 Å². The van der Waals surface area contributed by atoms with Gasteiger partial charge in [-0.05, 0) is 11.3 Å². The minimum Gasteiger partial charge on any atom is -0.484 e. The predicted octanol–water partition coefficient (Wildman–Crippen LogP) is 0.998. The van der Waals surface area contributed by atoms with Crippen LogP contribution in [0.2, 0.25) is 5.02 Å². The first-order valence-electron chi connectivity index (χ1n) is 8.39. The molecule has 170 valence electrons. The summed E-state index contributed by atoms with van der Waals surface area (Å²) in [6.45, 7) is -0.973. The molecule has 16 heteroatoms. The van der Waals surface area contributed by atoms with Crippen molar-refractivity contribution in [2.45, 2.75) is 19.3 Å². The van der Waals surface area contributed by atoms with Crippen molar-refractivity contribution in [3.8, 4) is 11.4 Å². The summed E-state index contributed by atoms with van der Waals surface area (Å²) < 4.78 is 59.1. The molecule has 0 radical (unpaired) electrons. The van der Waals surface area contributed by atoms with E-state index in [0.29, 0.717) is 6.07 Å². The molecule has 0 atom stereocenters. The normalized spacial score (nSPS) is 11.6. The summed E-state index contributed by atoms with van der Waals surface area (Å²) in [5, 5.41) is 19.1. The van der Waals surface area contributed by atoms with Gasteiger partial charge in [0.2, 0.25) is 5.82 Å². The number of hydrogen-bond acceptors (Lipinski definition) is 7. The molecule has 32 heavy (non-hydrogen) atoms. The lowest BCUT2D eigenvalue weighted by atomic mass is 10.2. The lowest BCUT2D eigenvalue weighted by Crippen LogP contribution is -2.41. The maximum Gasteiger partial charge on any atom is 0.431 e. The lowest BCUT2D eigenvalue weighted by molar-refractivity contribution is -0.144. The van der Waals surface area contributed by atoms with E-state index in [4.69, 9.17) is 21.4 Å². The van der Waals surface area contributed by atoms with Crippen molar-refractivity contribution < 1.29 is 32.2 Å². The molecule has 1 N–H and O–H groups in total. The second-order valence-corrected chi connectivity index (χ2v) is 6.60. The van der Waals surface area contributed by atoms with Crippen LogP contribution in [0.4, 0.5) is 17.6 Å². The highest BCUT2D eigenvalue weighted by Gasteiger charge is 2.35. The molecule has 2 aromatic heterocycles. The number of aromatic nitrogens is 6. The first-order valence-corrected chi connectivity index (χ1v) is 8.77. The third-order valence-corrected chi connectivity index (χ3v) is 4.28. The first-order chi connectivity index (χ1) is 14.9. The van der Waals surface area contributed by atoms with E-state index in [2.05, 4.69) is 15.4 Å². The van der Waals surface area contributed by atoms with Gasteiger partial charge in [0.1, 0.15) is 17.3 Å². The van der Waals surface area contributed by atoms with E-state index in [1.807, 2.05) is 0 Å². The maximum atomic E-state index is 14.5. The Balaban J connectivity index is 1.98. The number of halogens is 5. The average Bonchev–Trinajstić information content (AvgIpc) is 3.11. The van der Waals surface area contributed by atoms with Gasteiger partial charge in [-0.15, -0.1) is 10.2 Å². The Morgan fingerprint density at radius 2 is 1.94 bits per heavy atom. The van der Waals surface area contributed by atoms with Crippen LogP contribution in [0.1, 0.15) is 11.5 Å². The second kappa shape index (κ2) is 8.41. The molecule has 0 bridgehead atoms. The number of ether oxygens (including phenoxy) is 1. The summed E-state index contributed by atoms with van der Waals surface area (Å²) in [5.74, 6) is -2.72. The van der Waals surface area contributed by atoms with Gasteiger partial charge < -0.3 is 9.84 Å². The number of hydrogen-bond donors (Lipinski definition) is 1. The van der Waals surface area contributed by atoms with Gasteiger partial charge in [0.25, 0.3) is 5.56 Å². The fourth-order valence-corrected chi connectivity index (χ4v) is 2.79. The summed E-state index contributed by atoms with van der Waals surface area (Å²) >= 11 is 5.90. The molecule has 0 saturated carbocycles. The number of aliphatic carboxylic acids is 1. The molecule has 0 aliphatic rings. The van der Waals surface area contributed by atoms with Crippen molar-refractivity contribution in [3.63, 3.8) is 0 Å². The molecular formula is C16H11ClF4N6O5. The molecule has 0 spiro atoms. The summed E-state index contributed by atoms with van der Waals surface area (Å²) in [6.07, 6.45) is -4.98. The number of nitrogens with zero attached hydrogens (tertiary/aromatic N) is 6. The Morgan fingerprint density at radius 3 is 2.56 bits per heavy atom. The molecule has 0 amide bonds. The van der Waals surface area contributed by atoms with Crippen LogP contribution < -0.4 is 16.0 Å². The quantitative estimate of drug-likeness (QED) is 0.519. The summed E-state index contributed by atoms with van der Waals surface area (Å²) in [6, 6.07) is 1.69. The standard InChI is InChI=1S/C16H11ClF4N6O5/c1-25-11(16(19,20)21)4-13(28)27(15(25)31)9-3-10(7(17)2-8(9)18)32-6-12-22-24-26(23-12)5-14(29)30/h2-4H,5-6H2,1H3,(H,29,30). The van der Waals surface area contributed by atoms with E-state index in [-0.39, 0.29) is 31.8 Å². The van der Waals surface area contributed by atoms with Crippen molar-refractivity contribution in [1.82, 2.24) is 29.3 Å². The fourth-order valence-electron chi connectivity index (χ4n) is 2.58. The predicted molar refractivity (Wildman–Crippen MR) is 97.0 cm³/mol. The SMILES string of the molecule is Cn1c(C(F)(F)F)cc(=O)n(-c2cc(OCc3nnn(CC(=O)O)n3)c(Cl)cc2F)c1=O.